The van der Waals surface area contributed by atoms with Gasteiger partial charge in [-0.2, -0.15) is 0 Å². The monoisotopic (exact) mass is 517 g/mol. The number of hydrogen-bond donors (Lipinski definition) is 3. The summed E-state index contributed by atoms with van der Waals surface area (Å²) in [7, 11) is -1.72. The van der Waals surface area contributed by atoms with Crippen LogP contribution in [0.2, 0.25) is 5.02 Å². The first-order valence-electron chi connectivity index (χ1n) is 10.4. The summed E-state index contributed by atoms with van der Waals surface area (Å²) < 4.78 is 18.0. The fourth-order valence-corrected chi connectivity index (χ4v) is 5.70. The molecule has 10 nitrogen and oxygen atoms in total. The van der Waals surface area contributed by atoms with Crippen molar-refractivity contribution in [1.29, 1.82) is 0 Å². The number of halogens is 1. The fourth-order valence-electron chi connectivity index (χ4n) is 3.84. The topological polar surface area (TPSA) is 142 Å². The third kappa shape index (κ3) is 5.36. The summed E-state index contributed by atoms with van der Waals surface area (Å²) in [4.78, 5) is 50.1. The molecule has 2 unspecified atom stereocenters. The van der Waals surface area contributed by atoms with Crippen LogP contribution >= 0.6 is 11.6 Å². The van der Waals surface area contributed by atoms with E-state index < -0.39 is 58.4 Å². The van der Waals surface area contributed by atoms with E-state index in [0.29, 0.717) is 10.7 Å². The van der Waals surface area contributed by atoms with Crippen LogP contribution in [-0.2, 0) is 36.3 Å². The highest BCUT2D eigenvalue weighted by Crippen LogP contribution is 2.35. The van der Waals surface area contributed by atoms with Gasteiger partial charge in [-0.3, -0.25) is 24.0 Å². The Kier molecular flexibility index (Phi) is 7.17. The molecule has 1 fully saturated rings. The Morgan fingerprint density at radius 2 is 1.89 bits per heavy atom. The molecule has 2 heterocycles. The van der Waals surface area contributed by atoms with E-state index in [-0.39, 0.29) is 17.7 Å². The number of amides is 3. The number of nitrogens with one attached hydrogen (secondary N) is 2. The summed E-state index contributed by atoms with van der Waals surface area (Å²) in [6.07, 6.45) is -0.856. The number of carbonyl (C=O) groups is 4. The number of nitrogens with zero attached hydrogens (tertiary/aromatic N) is 1. The summed E-state index contributed by atoms with van der Waals surface area (Å²) in [6.45, 7) is -0.485. The zero-order valence-electron chi connectivity index (χ0n) is 18.1. The number of carboxylic acids is 1. The largest absolute Gasteiger partial charge is 0.477 e. The number of carbonyl (C=O) groups excluding carboxylic acids is 3. The van der Waals surface area contributed by atoms with Gasteiger partial charge >= 0.3 is 12.1 Å². The van der Waals surface area contributed by atoms with Crippen molar-refractivity contribution in [3.8, 4) is 0 Å². The van der Waals surface area contributed by atoms with E-state index >= 15 is 0 Å². The first kappa shape index (κ1) is 24.4. The third-order valence-electron chi connectivity index (χ3n) is 5.38. The Hall–Kier alpha value is -3.70. The summed E-state index contributed by atoms with van der Waals surface area (Å²) in [5.74, 6) is -2.80. The molecule has 0 bridgehead atoms. The number of ether oxygens (including phenoxy) is 1. The molecule has 2 aliphatic heterocycles. The molecule has 2 aromatic rings. The maximum absolute atomic E-state index is 12.9. The second-order valence-electron chi connectivity index (χ2n) is 7.80. The smallest absolute Gasteiger partial charge is 0.411 e. The third-order valence-corrected chi connectivity index (χ3v) is 7.27. The molecule has 2 aliphatic rings. The molecule has 0 spiro atoms. The zero-order valence-corrected chi connectivity index (χ0v) is 19.7. The highest BCUT2D eigenvalue weighted by atomic mass is 35.5. The van der Waals surface area contributed by atoms with Crippen LogP contribution in [0, 0.1) is 0 Å². The second-order valence-corrected chi connectivity index (χ2v) is 9.77. The Morgan fingerprint density at radius 3 is 2.57 bits per heavy atom. The molecular weight excluding hydrogens is 498 g/mol. The molecule has 3 amide bonds. The highest BCUT2D eigenvalue weighted by molar-refractivity contribution is 7.86. The summed E-state index contributed by atoms with van der Waals surface area (Å²) in [6, 6.07) is 14.1. The van der Waals surface area contributed by atoms with E-state index in [1.54, 1.807) is 42.5 Å². The first-order valence-corrected chi connectivity index (χ1v) is 12.2. The van der Waals surface area contributed by atoms with Crippen LogP contribution in [0.1, 0.15) is 5.56 Å². The van der Waals surface area contributed by atoms with Crippen molar-refractivity contribution in [3.05, 3.63) is 76.5 Å². The minimum Gasteiger partial charge on any atom is -0.477 e. The molecule has 4 rings (SSSR count). The van der Waals surface area contributed by atoms with Gasteiger partial charge in [0.1, 0.15) is 23.7 Å². The molecule has 12 heteroatoms. The van der Waals surface area contributed by atoms with Crippen molar-refractivity contribution in [1.82, 2.24) is 10.2 Å². The van der Waals surface area contributed by atoms with Crippen LogP contribution in [0.15, 0.2) is 65.9 Å². The van der Waals surface area contributed by atoms with E-state index in [2.05, 4.69) is 10.6 Å². The number of anilines is 1. The summed E-state index contributed by atoms with van der Waals surface area (Å²) in [5, 5.41) is 14.1. The van der Waals surface area contributed by atoms with E-state index in [9.17, 15) is 28.5 Å². The molecular formula is C23H20ClN3O7S. The number of rotatable bonds is 7. The molecule has 2 aromatic carbocycles. The normalized spacial score (nSPS) is 21.0. The van der Waals surface area contributed by atoms with Crippen LogP contribution < -0.4 is 10.6 Å². The van der Waals surface area contributed by atoms with Gasteiger partial charge in [-0.05, 0) is 23.8 Å². The van der Waals surface area contributed by atoms with Crippen LogP contribution in [0.25, 0.3) is 0 Å². The molecule has 0 aliphatic carbocycles. The van der Waals surface area contributed by atoms with Gasteiger partial charge in [0.25, 0.3) is 5.91 Å². The number of benzene rings is 2. The van der Waals surface area contributed by atoms with Gasteiger partial charge < -0.3 is 15.2 Å². The maximum atomic E-state index is 12.9. The molecule has 0 saturated carbocycles. The zero-order chi connectivity index (χ0) is 25.1. The average molecular weight is 518 g/mol. The Bertz CT molecular complexity index is 1250. The van der Waals surface area contributed by atoms with E-state index in [1.807, 2.05) is 6.07 Å². The highest BCUT2D eigenvalue weighted by Gasteiger charge is 2.57. The van der Waals surface area contributed by atoms with Crippen molar-refractivity contribution < 1.29 is 33.2 Å². The molecule has 0 radical (unpaired) electrons. The summed E-state index contributed by atoms with van der Waals surface area (Å²) >= 11 is 5.87. The van der Waals surface area contributed by atoms with Gasteiger partial charge in [0, 0.05) is 16.3 Å². The van der Waals surface area contributed by atoms with Gasteiger partial charge in [0.05, 0.1) is 23.0 Å². The minimum atomic E-state index is -1.72. The van der Waals surface area contributed by atoms with Gasteiger partial charge in [-0.15, -0.1) is 0 Å². The van der Waals surface area contributed by atoms with Crippen LogP contribution in [0.5, 0.6) is 0 Å². The lowest BCUT2D eigenvalue weighted by Crippen LogP contribution is -2.73. The van der Waals surface area contributed by atoms with Crippen LogP contribution in [-0.4, -0.2) is 61.9 Å². The Balaban J connectivity index is 1.43. The lowest BCUT2D eigenvalue weighted by molar-refractivity contribution is -0.151. The molecule has 3 atom stereocenters. The maximum Gasteiger partial charge on any atom is 0.411 e. The standard InChI is InChI=1S/C23H20ClN3O7S/c24-15-7-4-8-16(10-15)25-23(32)34-11-14-12-35(33)21-18(20(29)27(21)19(14)22(30)31)26-17(28)9-13-5-2-1-3-6-13/h1-8,10,18,21H,9,11-12H2,(H,25,32)(H,26,28)(H,30,31)/t18?,21-,35?/m0/s1. The van der Waals surface area contributed by atoms with Crippen molar-refractivity contribution in [2.24, 2.45) is 0 Å². The van der Waals surface area contributed by atoms with Crippen molar-refractivity contribution in [3.63, 3.8) is 0 Å². The quantitative estimate of drug-likeness (QED) is 0.476. The second kappa shape index (κ2) is 10.3. The number of β-lactam (4-membered cyclic amide) rings is 1. The molecule has 1 saturated heterocycles. The first-order chi connectivity index (χ1) is 16.7. The van der Waals surface area contributed by atoms with Crippen molar-refractivity contribution >= 4 is 52.0 Å². The molecule has 0 aromatic heterocycles. The number of hydrogen-bond acceptors (Lipinski definition) is 6. The summed E-state index contributed by atoms with van der Waals surface area (Å²) in [5.41, 5.74) is 0.730. The average Bonchev–Trinajstić information content (AvgIpc) is 2.81. The van der Waals surface area contributed by atoms with Gasteiger partial charge in [0.15, 0.2) is 0 Å². The van der Waals surface area contributed by atoms with E-state index in [1.165, 1.54) is 6.07 Å². The Morgan fingerprint density at radius 1 is 1.14 bits per heavy atom. The van der Waals surface area contributed by atoms with Crippen molar-refractivity contribution in [2.45, 2.75) is 17.8 Å². The van der Waals surface area contributed by atoms with E-state index in [4.69, 9.17) is 16.3 Å². The lowest BCUT2D eigenvalue weighted by atomic mass is 10.0. The van der Waals surface area contributed by atoms with Crippen LogP contribution in [0.4, 0.5) is 10.5 Å². The fraction of sp³-hybridized carbons (Fsp3) is 0.217. The lowest BCUT2D eigenvalue weighted by Gasteiger charge is -2.49. The van der Waals surface area contributed by atoms with Crippen molar-refractivity contribution in [2.75, 3.05) is 17.7 Å². The van der Waals surface area contributed by atoms with Crippen LogP contribution in [0.3, 0.4) is 0 Å². The minimum absolute atomic E-state index is 0.0203. The molecule has 3 N–H and O–H groups in total. The van der Waals surface area contributed by atoms with Gasteiger partial charge in [0.2, 0.25) is 5.91 Å². The van der Waals surface area contributed by atoms with Gasteiger partial charge in [-0.25, -0.2) is 9.59 Å². The SMILES string of the molecule is O=C(Cc1ccccc1)NC1C(=O)N2C(C(=O)O)=C(COC(=O)Nc3cccc(Cl)c3)CS(=O)[C@@H]12. The predicted octanol–water partition coefficient (Wildman–Crippen LogP) is 1.89. The van der Waals surface area contributed by atoms with Gasteiger partial charge in [-0.1, -0.05) is 48.0 Å². The number of fused-ring (bicyclic) bond motifs is 1. The molecule has 35 heavy (non-hydrogen) atoms. The molecule has 182 valence electrons. The Labute approximate surface area is 207 Å². The number of carboxylic acid groups (broad SMARTS) is 1. The number of aliphatic carboxylic acids is 1. The predicted molar refractivity (Wildman–Crippen MR) is 127 cm³/mol. The van der Waals surface area contributed by atoms with E-state index in [0.717, 1.165) is 10.5 Å².